The van der Waals surface area contributed by atoms with Gasteiger partial charge in [0.05, 0.1) is 22.5 Å². The molecule has 25 heavy (non-hydrogen) atoms. The van der Waals surface area contributed by atoms with Gasteiger partial charge in [-0.1, -0.05) is 11.6 Å². The molecule has 0 spiro atoms. The molecule has 1 N–H and O–H groups in total. The molecule has 5 heteroatoms. The molecule has 126 valence electrons. The molecule has 4 nitrogen and oxygen atoms in total. The van der Waals surface area contributed by atoms with Gasteiger partial charge in [-0.05, 0) is 55.4 Å². The van der Waals surface area contributed by atoms with Gasteiger partial charge in [-0.2, -0.15) is 0 Å². The Morgan fingerprint density at radius 2 is 2.04 bits per heavy atom. The molecule has 0 fully saturated rings. The highest BCUT2D eigenvalue weighted by atomic mass is 35.5. The first-order chi connectivity index (χ1) is 12.0. The number of nitrogens with one attached hydrogen (secondary N) is 1. The van der Waals surface area contributed by atoms with Crippen LogP contribution in [0.5, 0.6) is 0 Å². The second-order valence-electron chi connectivity index (χ2n) is 7.07. The standard InChI is InChI=1S/C20H18ClN3O/c1-11-7-13-15-10-23(2)6-5-17(15)24-18-4-3-12(21)9-16(18)22-20(25)14(8-11)19(13)24/h3-4,7-9H,5-6,10H2,1-2H3,(H,22,25). The van der Waals surface area contributed by atoms with E-state index in [0.29, 0.717) is 5.02 Å². The number of halogens is 1. The summed E-state index contributed by atoms with van der Waals surface area (Å²) in [6.07, 6.45) is 0.968. The van der Waals surface area contributed by atoms with Crippen LogP contribution in [0.3, 0.4) is 0 Å². The molecule has 2 aliphatic heterocycles. The van der Waals surface area contributed by atoms with E-state index < -0.39 is 0 Å². The molecule has 0 saturated carbocycles. The summed E-state index contributed by atoms with van der Waals surface area (Å²) in [5.74, 6) is -0.0702. The Morgan fingerprint density at radius 1 is 1.20 bits per heavy atom. The average molecular weight is 352 g/mol. The lowest BCUT2D eigenvalue weighted by atomic mass is 10.0. The summed E-state index contributed by atoms with van der Waals surface area (Å²) in [6, 6.07) is 9.92. The Kier molecular flexibility index (Phi) is 3.06. The van der Waals surface area contributed by atoms with E-state index in [0.717, 1.165) is 47.5 Å². The van der Waals surface area contributed by atoms with Gasteiger partial charge in [-0.25, -0.2) is 0 Å². The van der Waals surface area contributed by atoms with E-state index in [2.05, 4.69) is 27.9 Å². The zero-order valence-corrected chi connectivity index (χ0v) is 14.9. The van der Waals surface area contributed by atoms with Gasteiger partial charge in [-0.3, -0.25) is 4.79 Å². The molecule has 5 rings (SSSR count). The number of aryl methyl sites for hydroxylation is 1. The van der Waals surface area contributed by atoms with Crippen molar-refractivity contribution < 1.29 is 4.79 Å². The largest absolute Gasteiger partial charge is 0.320 e. The highest BCUT2D eigenvalue weighted by molar-refractivity contribution is 6.31. The van der Waals surface area contributed by atoms with Crippen molar-refractivity contribution in [3.63, 3.8) is 0 Å². The molecule has 0 aliphatic carbocycles. The lowest BCUT2D eigenvalue weighted by molar-refractivity contribution is 0.102. The van der Waals surface area contributed by atoms with Crippen molar-refractivity contribution in [3.05, 3.63) is 57.7 Å². The zero-order valence-electron chi connectivity index (χ0n) is 14.2. The second-order valence-corrected chi connectivity index (χ2v) is 7.51. The van der Waals surface area contributed by atoms with Crippen LogP contribution in [0.2, 0.25) is 5.02 Å². The number of hydrogen-bond acceptors (Lipinski definition) is 2. The monoisotopic (exact) mass is 351 g/mol. The summed E-state index contributed by atoms with van der Waals surface area (Å²) in [4.78, 5) is 15.3. The van der Waals surface area contributed by atoms with E-state index >= 15 is 0 Å². The van der Waals surface area contributed by atoms with Gasteiger partial charge in [0.1, 0.15) is 0 Å². The summed E-state index contributed by atoms with van der Waals surface area (Å²) in [6.45, 7) is 3.97. The van der Waals surface area contributed by atoms with Gasteiger partial charge in [-0.15, -0.1) is 0 Å². The third-order valence-electron chi connectivity index (χ3n) is 5.27. The Balaban J connectivity index is 1.97. The molecule has 1 aromatic heterocycles. The topological polar surface area (TPSA) is 37.3 Å². The molecule has 0 radical (unpaired) electrons. The first kappa shape index (κ1) is 15.0. The fourth-order valence-corrected chi connectivity index (χ4v) is 4.36. The number of carbonyl (C=O) groups excluding carboxylic acids is 1. The maximum atomic E-state index is 12.9. The Hall–Kier alpha value is -2.30. The van der Waals surface area contributed by atoms with Crippen LogP contribution in [0.25, 0.3) is 16.6 Å². The minimum atomic E-state index is -0.0702. The second kappa shape index (κ2) is 5.10. The molecule has 2 aromatic carbocycles. The Morgan fingerprint density at radius 3 is 2.88 bits per heavy atom. The van der Waals surface area contributed by atoms with Crippen LogP contribution >= 0.6 is 11.6 Å². The summed E-state index contributed by atoms with van der Waals surface area (Å²) >= 11 is 6.19. The lowest BCUT2D eigenvalue weighted by Gasteiger charge is -2.24. The van der Waals surface area contributed by atoms with Crippen molar-refractivity contribution in [1.29, 1.82) is 0 Å². The van der Waals surface area contributed by atoms with Gasteiger partial charge in [0.25, 0.3) is 5.91 Å². The molecule has 2 aliphatic rings. The fourth-order valence-electron chi connectivity index (χ4n) is 4.19. The van der Waals surface area contributed by atoms with Crippen LogP contribution in [0.15, 0.2) is 30.3 Å². The minimum Gasteiger partial charge on any atom is -0.320 e. The number of carbonyl (C=O) groups is 1. The number of fused-ring (bicyclic) bond motifs is 5. The molecule has 0 saturated heterocycles. The fraction of sp³-hybridized carbons (Fsp3) is 0.250. The smallest absolute Gasteiger partial charge is 0.257 e. The summed E-state index contributed by atoms with van der Waals surface area (Å²) in [5, 5.41) is 4.86. The van der Waals surface area contributed by atoms with E-state index in [1.807, 2.05) is 31.2 Å². The Labute approximate surface area is 151 Å². The highest BCUT2D eigenvalue weighted by Crippen LogP contribution is 2.40. The maximum absolute atomic E-state index is 12.9. The van der Waals surface area contributed by atoms with Crippen molar-refractivity contribution >= 4 is 34.1 Å². The molecular formula is C20H18ClN3O. The zero-order chi connectivity index (χ0) is 17.3. The van der Waals surface area contributed by atoms with Crippen molar-refractivity contribution in [1.82, 2.24) is 9.47 Å². The van der Waals surface area contributed by atoms with Crippen molar-refractivity contribution in [2.75, 3.05) is 18.9 Å². The van der Waals surface area contributed by atoms with Gasteiger partial charge >= 0.3 is 0 Å². The van der Waals surface area contributed by atoms with Crippen molar-refractivity contribution in [2.45, 2.75) is 19.9 Å². The number of nitrogens with zero attached hydrogens (tertiary/aromatic N) is 2. The summed E-state index contributed by atoms with van der Waals surface area (Å²) in [7, 11) is 2.15. The predicted molar refractivity (Wildman–Crippen MR) is 101 cm³/mol. The van der Waals surface area contributed by atoms with E-state index in [1.54, 1.807) is 0 Å². The number of amides is 1. The van der Waals surface area contributed by atoms with Gasteiger partial charge in [0, 0.05) is 35.6 Å². The van der Waals surface area contributed by atoms with Crippen molar-refractivity contribution in [3.8, 4) is 5.69 Å². The normalized spacial score (nSPS) is 16.4. The molecule has 3 heterocycles. The number of rotatable bonds is 0. The predicted octanol–water partition coefficient (Wildman–Crippen LogP) is 4.15. The first-order valence-electron chi connectivity index (χ1n) is 8.49. The molecule has 0 bridgehead atoms. The molecule has 0 atom stereocenters. The highest BCUT2D eigenvalue weighted by Gasteiger charge is 2.29. The third kappa shape index (κ3) is 2.08. The Bertz CT molecular complexity index is 1070. The number of anilines is 1. The summed E-state index contributed by atoms with van der Waals surface area (Å²) in [5.41, 5.74) is 7.27. The van der Waals surface area contributed by atoms with Crippen LogP contribution in [0, 0.1) is 6.92 Å². The number of likely N-dealkylation sites (N-methyl/N-ethyl adjacent to an activating group) is 1. The number of benzene rings is 2. The van der Waals surface area contributed by atoms with Crippen LogP contribution in [0.1, 0.15) is 27.2 Å². The van der Waals surface area contributed by atoms with Crippen LogP contribution in [-0.2, 0) is 13.0 Å². The lowest BCUT2D eigenvalue weighted by Crippen LogP contribution is -2.27. The van der Waals surface area contributed by atoms with E-state index in [4.69, 9.17) is 11.6 Å². The van der Waals surface area contributed by atoms with Crippen molar-refractivity contribution in [2.24, 2.45) is 0 Å². The molecule has 3 aromatic rings. The summed E-state index contributed by atoms with van der Waals surface area (Å²) < 4.78 is 2.27. The SMILES string of the molecule is Cc1cc2c3c(c1)c1c(n3-c3ccc(Cl)cc3NC2=O)CCN(C)C1. The number of aromatic nitrogens is 1. The van der Waals surface area contributed by atoms with Gasteiger partial charge in [0.2, 0.25) is 0 Å². The van der Waals surface area contributed by atoms with E-state index in [1.165, 1.54) is 16.6 Å². The third-order valence-corrected chi connectivity index (χ3v) is 5.51. The first-order valence-corrected chi connectivity index (χ1v) is 8.87. The van der Waals surface area contributed by atoms with Crippen LogP contribution in [-0.4, -0.2) is 29.0 Å². The molecule has 1 amide bonds. The molecular weight excluding hydrogens is 334 g/mol. The van der Waals surface area contributed by atoms with Crippen LogP contribution in [0.4, 0.5) is 5.69 Å². The van der Waals surface area contributed by atoms with E-state index in [-0.39, 0.29) is 5.91 Å². The van der Waals surface area contributed by atoms with Gasteiger partial charge < -0.3 is 14.8 Å². The van der Waals surface area contributed by atoms with Crippen LogP contribution < -0.4 is 5.32 Å². The quantitative estimate of drug-likeness (QED) is 0.660. The number of hydrogen-bond donors (Lipinski definition) is 1. The minimum absolute atomic E-state index is 0.0702. The average Bonchev–Trinajstić information content (AvgIpc) is 2.81. The van der Waals surface area contributed by atoms with Gasteiger partial charge in [0.15, 0.2) is 0 Å². The molecule has 0 unspecified atom stereocenters. The van der Waals surface area contributed by atoms with E-state index in [9.17, 15) is 4.79 Å². The maximum Gasteiger partial charge on any atom is 0.257 e.